The first-order valence-corrected chi connectivity index (χ1v) is 7.86. The molecule has 5 heteroatoms. The zero-order valence-corrected chi connectivity index (χ0v) is 12.7. The fourth-order valence-corrected chi connectivity index (χ4v) is 3.00. The molecule has 0 amide bonds. The van der Waals surface area contributed by atoms with Crippen LogP contribution in [0.1, 0.15) is 59.2 Å². The Kier molecular flexibility index (Phi) is 2.94. The molecule has 2 aliphatic carbocycles. The molecule has 0 spiro atoms. The Morgan fingerprint density at radius 3 is 2.76 bits per heavy atom. The summed E-state index contributed by atoms with van der Waals surface area (Å²) in [5, 5.41) is 10.9. The summed E-state index contributed by atoms with van der Waals surface area (Å²) >= 11 is 0. The second kappa shape index (κ2) is 4.83. The number of aromatic nitrogens is 4. The highest BCUT2D eigenvalue weighted by molar-refractivity contribution is 5.49. The number of nitrogens with one attached hydrogen (secondary N) is 2. The molecule has 4 rings (SSSR count). The smallest absolute Gasteiger partial charge is 0.134 e. The standard InChI is InChI=1S/C16H21N5/c1-9-10(2)20-21-14(9)8-17-16-12-4-3-5-13(12)18-15(19-16)11-6-7-11/h11H,3-8H2,1-2H3,(H,20,21)(H,17,18,19). The molecule has 0 saturated heterocycles. The van der Waals surface area contributed by atoms with Crippen LogP contribution in [-0.4, -0.2) is 20.2 Å². The first kappa shape index (κ1) is 12.8. The highest BCUT2D eigenvalue weighted by Crippen LogP contribution is 2.40. The second-order valence-corrected chi connectivity index (χ2v) is 6.26. The summed E-state index contributed by atoms with van der Waals surface area (Å²) in [7, 11) is 0. The molecular weight excluding hydrogens is 262 g/mol. The van der Waals surface area contributed by atoms with E-state index >= 15 is 0 Å². The molecule has 21 heavy (non-hydrogen) atoms. The fraction of sp³-hybridized carbons (Fsp3) is 0.562. The lowest BCUT2D eigenvalue weighted by Crippen LogP contribution is -2.09. The summed E-state index contributed by atoms with van der Waals surface area (Å²) < 4.78 is 0. The van der Waals surface area contributed by atoms with Gasteiger partial charge in [0.2, 0.25) is 0 Å². The van der Waals surface area contributed by atoms with E-state index in [1.165, 1.54) is 36.1 Å². The van der Waals surface area contributed by atoms with Gasteiger partial charge in [0.1, 0.15) is 11.6 Å². The van der Waals surface area contributed by atoms with Crippen LogP contribution in [0.5, 0.6) is 0 Å². The summed E-state index contributed by atoms with van der Waals surface area (Å²) in [6, 6.07) is 0. The second-order valence-electron chi connectivity index (χ2n) is 6.26. The van der Waals surface area contributed by atoms with Crippen molar-refractivity contribution in [3.8, 4) is 0 Å². The molecule has 0 atom stereocenters. The predicted molar refractivity (Wildman–Crippen MR) is 81.4 cm³/mol. The van der Waals surface area contributed by atoms with Gasteiger partial charge in [-0.05, 0) is 51.5 Å². The van der Waals surface area contributed by atoms with Crippen molar-refractivity contribution in [3.63, 3.8) is 0 Å². The van der Waals surface area contributed by atoms with E-state index < -0.39 is 0 Å². The average molecular weight is 283 g/mol. The first-order valence-electron chi connectivity index (χ1n) is 7.86. The lowest BCUT2D eigenvalue weighted by Gasteiger charge is -2.11. The topological polar surface area (TPSA) is 66.5 Å². The molecule has 1 saturated carbocycles. The third-order valence-electron chi connectivity index (χ3n) is 4.67. The number of rotatable bonds is 4. The van der Waals surface area contributed by atoms with E-state index in [-0.39, 0.29) is 0 Å². The Balaban J connectivity index is 1.60. The number of anilines is 1. The number of fused-ring (bicyclic) bond motifs is 1. The van der Waals surface area contributed by atoms with E-state index in [0.717, 1.165) is 42.4 Å². The number of aromatic amines is 1. The summed E-state index contributed by atoms with van der Waals surface area (Å²) in [6.45, 7) is 4.89. The number of nitrogens with zero attached hydrogens (tertiary/aromatic N) is 3. The van der Waals surface area contributed by atoms with Crippen LogP contribution in [0, 0.1) is 13.8 Å². The normalized spacial score (nSPS) is 17.0. The fourth-order valence-electron chi connectivity index (χ4n) is 3.00. The Morgan fingerprint density at radius 2 is 2.05 bits per heavy atom. The SMILES string of the molecule is Cc1[nH]nc(CNc2nc(C3CC3)nc3c2CCC3)c1C. The van der Waals surface area contributed by atoms with Gasteiger partial charge in [0, 0.05) is 22.9 Å². The third-order valence-corrected chi connectivity index (χ3v) is 4.67. The van der Waals surface area contributed by atoms with Gasteiger partial charge in [0.25, 0.3) is 0 Å². The quantitative estimate of drug-likeness (QED) is 0.905. The van der Waals surface area contributed by atoms with E-state index in [0.29, 0.717) is 5.92 Å². The lowest BCUT2D eigenvalue weighted by molar-refractivity contribution is 0.869. The van der Waals surface area contributed by atoms with Crippen molar-refractivity contribution >= 4 is 5.82 Å². The van der Waals surface area contributed by atoms with Crippen LogP contribution in [0.25, 0.3) is 0 Å². The Bertz CT molecular complexity index is 684. The van der Waals surface area contributed by atoms with Gasteiger partial charge in [0.05, 0.1) is 12.2 Å². The molecule has 0 aliphatic heterocycles. The molecule has 2 aromatic rings. The van der Waals surface area contributed by atoms with E-state index in [1.807, 2.05) is 0 Å². The summed E-state index contributed by atoms with van der Waals surface area (Å²) in [4.78, 5) is 9.58. The minimum atomic E-state index is 0.603. The number of aryl methyl sites for hydroxylation is 2. The molecular formula is C16H21N5. The minimum absolute atomic E-state index is 0.603. The van der Waals surface area contributed by atoms with Crippen LogP contribution in [0.3, 0.4) is 0 Å². The summed E-state index contributed by atoms with van der Waals surface area (Å²) in [6.07, 6.45) is 5.90. The van der Waals surface area contributed by atoms with Gasteiger partial charge < -0.3 is 5.32 Å². The molecule has 2 aromatic heterocycles. The van der Waals surface area contributed by atoms with Gasteiger partial charge in [0.15, 0.2) is 0 Å². The van der Waals surface area contributed by atoms with Crippen LogP contribution in [0.2, 0.25) is 0 Å². The molecule has 0 aromatic carbocycles. The zero-order chi connectivity index (χ0) is 14.4. The van der Waals surface area contributed by atoms with Crippen molar-refractivity contribution in [1.82, 2.24) is 20.2 Å². The molecule has 2 N–H and O–H groups in total. The molecule has 2 aliphatic rings. The van der Waals surface area contributed by atoms with Crippen molar-refractivity contribution in [3.05, 3.63) is 34.0 Å². The van der Waals surface area contributed by atoms with E-state index in [2.05, 4.69) is 29.4 Å². The average Bonchev–Trinajstić information content (AvgIpc) is 3.15. The number of hydrogen-bond acceptors (Lipinski definition) is 4. The van der Waals surface area contributed by atoms with Crippen LogP contribution < -0.4 is 5.32 Å². The summed E-state index contributed by atoms with van der Waals surface area (Å²) in [5.41, 5.74) is 6.04. The Hall–Kier alpha value is -1.91. The van der Waals surface area contributed by atoms with E-state index in [4.69, 9.17) is 9.97 Å². The van der Waals surface area contributed by atoms with Gasteiger partial charge in [-0.3, -0.25) is 5.10 Å². The van der Waals surface area contributed by atoms with E-state index in [9.17, 15) is 0 Å². The minimum Gasteiger partial charge on any atom is -0.364 e. The van der Waals surface area contributed by atoms with Crippen molar-refractivity contribution in [2.45, 2.75) is 58.4 Å². The molecule has 1 fully saturated rings. The highest BCUT2D eigenvalue weighted by Gasteiger charge is 2.29. The van der Waals surface area contributed by atoms with Crippen molar-refractivity contribution in [2.24, 2.45) is 0 Å². The van der Waals surface area contributed by atoms with Gasteiger partial charge in [-0.25, -0.2) is 9.97 Å². The maximum atomic E-state index is 4.80. The van der Waals surface area contributed by atoms with E-state index in [1.54, 1.807) is 0 Å². The largest absolute Gasteiger partial charge is 0.364 e. The summed E-state index contributed by atoms with van der Waals surface area (Å²) in [5.74, 6) is 2.69. The van der Waals surface area contributed by atoms with Crippen molar-refractivity contribution in [2.75, 3.05) is 5.32 Å². The van der Waals surface area contributed by atoms with Crippen LogP contribution in [0.4, 0.5) is 5.82 Å². The van der Waals surface area contributed by atoms with Crippen LogP contribution in [0.15, 0.2) is 0 Å². The van der Waals surface area contributed by atoms with Crippen molar-refractivity contribution in [1.29, 1.82) is 0 Å². The predicted octanol–water partition coefficient (Wildman–Crippen LogP) is 2.79. The number of H-pyrrole nitrogens is 1. The molecule has 0 unspecified atom stereocenters. The molecule has 110 valence electrons. The van der Waals surface area contributed by atoms with Gasteiger partial charge in [-0.15, -0.1) is 0 Å². The maximum Gasteiger partial charge on any atom is 0.134 e. The monoisotopic (exact) mass is 283 g/mol. The van der Waals surface area contributed by atoms with Crippen LogP contribution in [-0.2, 0) is 19.4 Å². The van der Waals surface area contributed by atoms with Crippen LogP contribution >= 0.6 is 0 Å². The van der Waals surface area contributed by atoms with Gasteiger partial charge in [-0.2, -0.15) is 5.10 Å². The molecule has 5 nitrogen and oxygen atoms in total. The highest BCUT2D eigenvalue weighted by atomic mass is 15.1. The Labute approximate surface area is 124 Å². The molecule has 0 bridgehead atoms. The van der Waals surface area contributed by atoms with Gasteiger partial charge in [-0.1, -0.05) is 0 Å². The third kappa shape index (κ3) is 2.30. The zero-order valence-electron chi connectivity index (χ0n) is 12.7. The van der Waals surface area contributed by atoms with Crippen molar-refractivity contribution < 1.29 is 0 Å². The number of hydrogen-bond donors (Lipinski definition) is 2. The molecule has 2 heterocycles. The Morgan fingerprint density at radius 1 is 1.19 bits per heavy atom. The van der Waals surface area contributed by atoms with Gasteiger partial charge >= 0.3 is 0 Å². The maximum absolute atomic E-state index is 4.80. The molecule has 0 radical (unpaired) electrons. The lowest BCUT2D eigenvalue weighted by atomic mass is 10.2. The first-order chi connectivity index (χ1) is 10.2.